The van der Waals surface area contributed by atoms with E-state index < -0.39 is 0 Å². The molecule has 0 aliphatic carbocycles. The Bertz CT molecular complexity index is 793. The highest BCUT2D eigenvalue weighted by Crippen LogP contribution is 2.49. The molecule has 1 heterocycles. The maximum atomic E-state index is 10.2. The molecule has 2 aromatic carbocycles. The maximum absolute atomic E-state index is 10.2. The number of hydrogen-bond acceptors (Lipinski definition) is 5. The predicted molar refractivity (Wildman–Crippen MR) is 87.9 cm³/mol. The zero-order valence-corrected chi connectivity index (χ0v) is 13.5. The van der Waals surface area contributed by atoms with Crippen LogP contribution in [-0.4, -0.2) is 26.4 Å². The molecular formula is C18H18O5. The summed E-state index contributed by atoms with van der Waals surface area (Å²) in [5, 5.41) is 10.2. The molecule has 0 saturated heterocycles. The van der Waals surface area contributed by atoms with Crippen molar-refractivity contribution in [1.82, 2.24) is 0 Å². The maximum Gasteiger partial charge on any atom is 0.180 e. The van der Waals surface area contributed by atoms with Crippen LogP contribution < -0.4 is 18.9 Å². The van der Waals surface area contributed by atoms with E-state index in [-0.39, 0.29) is 5.75 Å². The van der Waals surface area contributed by atoms with E-state index in [0.717, 1.165) is 11.1 Å². The van der Waals surface area contributed by atoms with Gasteiger partial charge in [0, 0.05) is 11.1 Å². The second-order valence-corrected chi connectivity index (χ2v) is 5.12. The summed E-state index contributed by atoms with van der Waals surface area (Å²) < 4.78 is 22.3. The molecule has 1 N–H and O–H groups in total. The van der Waals surface area contributed by atoms with Gasteiger partial charge in [-0.2, -0.15) is 0 Å². The van der Waals surface area contributed by atoms with Gasteiger partial charge in [-0.1, -0.05) is 6.08 Å². The molecule has 0 aromatic heterocycles. The SMILES string of the molecule is COc1cc2c(c(OC)c1C)Oc1c(O)ccc(OC)c1C=C2. The Morgan fingerprint density at radius 1 is 0.913 bits per heavy atom. The fourth-order valence-electron chi connectivity index (χ4n) is 2.70. The first-order valence-corrected chi connectivity index (χ1v) is 7.12. The lowest BCUT2D eigenvalue weighted by Gasteiger charge is -2.18. The number of phenolic OH excluding ortho intramolecular Hbond substituents is 1. The molecule has 5 heteroatoms. The van der Waals surface area contributed by atoms with E-state index in [0.29, 0.717) is 34.3 Å². The Morgan fingerprint density at radius 2 is 1.65 bits per heavy atom. The van der Waals surface area contributed by atoms with E-state index in [9.17, 15) is 5.11 Å². The molecule has 0 radical (unpaired) electrons. The van der Waals surface area contributed by atoms with Crippen molar-refractivity contribution in [2.24, 2.45) is 0 Å². The van der Waals surface area contributed by atoms with Crippen LogP contribution in [0.4, 0.5) is 0 Å². The van der Waals surface area contributed by atoms with Crippen LogP contribution in [0.5, 0.6) is 34.5 Å². The van der Waals surface area contributed by atoms with Gasteiger partial charge in [-0.25, -0.2) is 0 Å². The van der Waals surface area contributed by atoms with Gasteiger partial charge in [0.15, 0.2) is 23.0 Å². The highest BCUT2D eigenvalue weighted by molar-refractivity contribution is 5.84. The van der Waals surface area contributed by atoms with E-state index >= 15 is 0 Å². The third kappa shape index (κ3) is 2.34. The first-order valence-electron chi connectivity index (χ1n) is 7.12. The number of aromatic hydroxyl groups is 1. The van der Waals surface area contributed by atoms with Crippen molar-refractivity contribution >= 4 is 12.2 Å². The molecule has 0 bridgehead atoms. The Labute approximate surface area is 134 Å². The molecule has 0 saturated carbocycles. The molecule has 120 valence electrons. The van der Waals surface area contributed by atoms with Gasteiger partial charge < -0.3 is 24.1 Å². The molecule has 3 rings (SSSR count). The Balaban J connectivity index is 2.27. The first kappa shape index (κ1) is 15.1. The zero-order valence-electron chi connectivity index (χ0n) is 13.5. The van der Waals surface area contributed by atoms with E-state index in [2.05, 4.69) is 0 Å². The second-order valence-electron chi connectivity index (χ2n) is 5.12. The van der Waals surface area contributed by atoms with Gasteiger partial charge >= 0.3 is 0 Å². The molecular weight excluding hydrogens is 296 g/mol. The summed E-state index contributed by atoms with van der Waals surface area (Å²) in [5.41, 5.74) is 2.29. The number of methoxy groups -OCH3 is 3. The molecule has 0 spiro atoms. The van der Waals surface area contributed by atoms with Crippen LogP contribution in [-0.2, 0) is 0 Å². The molecule has 0 unspecified atom stereocenters. The van der Waals surface area contributed by atoms with Crippen molar-refractivity contribution in [1.29, 1.82) is 0 Å². The van der Waals surface area contributed by atoms with Crippen molar-refractivity contribution in [2.75, 3.05) is 21.3 Å². The average Bonchev–Trinajstić information content (AvgIpc) is 2.75. The van der Waals surface area contributed by atoms with E-state index in [1.165, 1.54) is 0 Å². The molecule has 1 aliphatic rings. The van der Waals surface area contributed by atoms with Crippen LogP contribution in [0.1, 0.15) is 16.7 Å². The average molecular weight is 314 g/mol. The van der Waals surface area contributed by atoms with Gasteiger partial charge in [0.25, 0.3) is 0 Å². The Kier molecular flexibility index (Phi) is 3.78. The fraction of sp³-hybridized carbons (Fsp3) is 0.222. The quantitative estimate of drug-likeness (QED) is 0.792. The summed E-state index contributed by atoms with van der Waals surface area (Å²) in [4.78, 5) is 0. The fourth-order valence-corrected chi connectivity index (χ4v) is 2.70. The van der Waals surface area contributed by atoms with Crippen LogP contribution in [0.2, 0.25) is 0 Å². The summed E-state index contributed by atoms with van der Waals surface area (Å²) in [7, 11) is 4.76. The van der Waals surface area contributed by atoms with E-state index in [1.807, 2.05) is 25.1 Å². The standard InChI is InChI=1S/C18H18O5/c1-10-15(21-3)9-11-5-6-12-14(20-2)8-7-13(19)18(12)23-17(11)16(10)22-4/h5-9,19H,1-4H3. The zero-order chi connectivity index (χ0) is 16.6. The highest BCUT2D eigenvalue weighted by atomic mass is 16.5. The normalized spacial score (nSPS) is 11.8. The smallest absolute Gasteiger partial charge is 0.180 e. The molecule has 1 aliphatic heterocycles. The van der Waals surface area contributed by atoms with Gasteiger partial charge in [0.05, 0.1) is 26.9 Å². The minimum absolute atomic E-state index is 0.0359. The number of fused-ring (bicyclic) bond motifs is 2. The number of phenols is 1. The van der Waals surface area contributed by atoms with E-state index in [4.69, 9.17) is 18.9 Å². The van der Waals surface area contributed by atoms with Crippen LogP contribution in [0.25, 0.3) is 12.2 Å². The largest absolute Gasteiger partial charge is 0.504 e. The van der Waals surface area contributed by atoms with Crippen molar-refractivity contribution < 1.29 is 24.1 Å². The number of benzene rings is 2. The number of rotatable bonds is 3. The lowest BCUT2D eigenvalue weighted by Crippen LogP contribution is -1.99. The van der Waals surface area contributed by atoms with Crippen LogP contribution in [0.15, 0.2) is 18.2 Å². The third-order valence-electron chi connectivity index (χ3n) is 3.88. The highest BCUT2D eigenvalue weighted by Gasteiger charge is 2.24. The van der Waals surface area contributed by atoms with Crippen LogP contribution in [0, 0.1) is 6.92 Å². The van der Waals surface area contributed by atoms with Crippen molar-refractivity contribution in [3.63, 3.8) is 0 Å². The molecule has 23 heavy (non-hydrogen) atoms. The Hall–Kier alpha value is -2.82. The van der Waals surface area contributed by atoms with Crippen molar-refractivity contribution in [3.05, 3.63) is 34.9 Å². The van der Waals surface area contributed by atoms with Gasteiger partial charge in [-0.15, -0.1) is 0 Å². The lowest BCUT2D eigenvalue weighted by molar-refractivity contribution is 0.353. The summed E-state index contributed by atoms with van der Waals surface area (Å²) in [5.74, 6) is 2.79. The minimum atomic E-state index is 0.0359. The summed E-state index contributed by atoms with van der Waals surface area (Å²) in [6.45, 7) is 1.89. The molecule has 5 nitrogen and oxygen atoms in total. The summed E-state index contributed by atoms with van der Waals surface area (Å²) in [6.07, 6.45) is 3.72. The third-order valence-corrected chi connectivity index (χ3v) is 3.88. The monoisotopic (exact) mass is 314 g/mol. The van der Waals surface area contributed by atoms with Gasteiger partial charge in [-0.05, 0) is 31.2 Å². The minimum Gasteiger partial charge on any atom is -0.504 e. The second kappa shape index (κ2) is 5.76. The molecule has 0 amide bonds. The molecule has 0 fully saturated rings. The number of hydrogen-bond donors (Lipinski definition) is 1. The lowest BCUT2D eigenvalue weighted by atomic mass is 10.1. The van der Waals surface area contributed by atoms with E-state index in [1.54, 1.807) is 33.5 Å². The van der Waals surface area contributed by atoms with Gasteiger partial charge in [0.2, 0.25) is 0 Å². The predicted octanol–water partition coefficient (Wildman–Crippen LogP) is 4.00. The summed E-state index contributed by atoms with van der Waals surface area (Å²) >= 11 is 0. The van der Waals surface area contributed by atoms with Gasteiger partial charge in [0.1, 0.15) is 11.5 Å². The number of ether oxygens (including phenoxy) is 4. The van der Waals surface area contributed by atoms with Gasteiger partial charge in [-0.3, -0.25) is 0 Å². The Morgan fingerprint density at radius 3 is 2.30 bits per heavy atom. The van der Waals surface area contributed by atoms with Crippen molar-refractivity contribution in [3.8, 4) is 34.5 Å². The van der Waals surface area contributed by atoms with Crippen molar-refractivity contribution in [2.45, 2.75) is 6.92 Å². The van der Waals surface area contributed by atoms with Crippen LogP contribution >= 0.6 is 0 Å². The molecule has 2 aromatic rings. The summed E-state index contributed by atoms with van der Waals surface area (Å²) in [6, 6.07) is 5.11. The first-order chi connectivity index (χ1) is 11.1. The van der Waals surface area contributed by atoms with Crippen LogP contribution in [0.3, 0.4) is 0 Å². The molecule has 0 atom stereocenters. The topological polar surface area (TPSA) is 57.2 Å².